The van der Waals surface area contributed by atoms with Gasteiger partial charge in [0, 0.05) is 19.6 Å². The maximum Gasteiger partial charge on any atom is 0.389 e. The number of rotatable bonds is 18. The van der Waals surface area contributed by atoms with Crippen LogP contribution in [0.5, 0.6) is 17.2 Å². The predicted molar refractivity (Wildman–Crippen MR) is 156 cm³/mol. The number of aliphatic hydroxyl groups is 1. The molecule has 0 saturated carbocycles. The first-order valence-corrected chi connectivity index (χ1v) is 13.9. The van der Waals surface area contributed by atoms with Crippen molar-refractivity contribution in [2.75, 3.05) is 40.1 Å². The third-order valence-electron chi connectivity index (χ3n) is 6.29. The lowest BCUT2D eigenvalue weighted by molar-refractivity contribution is -0.140. The zero-order valence-electron chi connectivity index (χ0n) is 24.2. The van der Waals surface area contributed by atoms with Crippen molar-refractivity contribution in [3.8, 4) is 28.4 Å². The van der Waals surface area contributed by atoms with Gasteiger partial charge in [0.2, 0.25) is 0 Å². The van der Waals surface area contributed by atoms with Crippen LogP contribution in [0.15, 0.2) is 78.9 Å². The Morgan fingerprint density at radius 2 is 1.40 bits per heavy atom. The van der Waals surface area contributed by atoms with Gasteiger partial charge in [-0.15, -0.1) is 0 Å². The van der Waals surface area contributed by atoms with Gasteiger partial charge in [-0.2, -0.15) is 13.2 Å². The van der Waals surface area contributed by atoms with Gasteiger partial charge in [0.25, 0.3) is 0 Å². The number of methoxy groups -OCH3 is 1. The Morgan fingerprint density at radius 1 is 0.767 bits per heavy atom. The van der Waals surface area contributed by atoms with E-state index in [0.29, 0.717) is 49.9 Å². The summed E-state index contributed by atoms with van der Waals surface area (Å²) in [7, 11) is 1.59. The summed E-state index contributed by atoms with van der Waals surface area (Å²) in [6, 6.07) is 20.7. The largest absolute Gasteiger partial charge is 0.491 e. The first-order chi connectivity index (χ1) is 20.7. The summed E-state index contributed by atoms with van der Waals surface area (Å²) < 4.78 is 64.5. The second kappa shape index (κ2) is 17.2. The van der Waals surface area contributed by atoms with E-state index in [-0.39, 0.29) is 25.2 Å². The van der Waals surface area contributed by atoms with Crippen molar-refractivity contribution >= 4 is 5.97 Å². The number of benzene rings is 3. The van der Waals surface area contributed by atoms with Gasteiger partial charge in [-0.3, -0.25) is 0 Å². The van der Waals surface area contributed by atoms with Gasteiger partial charge in [-0.1, -0.05) is 43.0 Å². The molecule has 1 N–H and O–H groups in total. The van der Waals surface area contributed by atoms with Crippen molar-refractivity contribution in [2.24, 2.45) is 0 Å². The quantitative estimate of drug-likeness (QED) is 0.0985. The molecule has 0 aliphatic rings. The molecule has 0 atom stereocenters. The van der Waals surface area contributed by atoms with Crippen LogP contribution in [0, 0.1) is 0 Å². The van der Waals surface area contributed by atoms with Crippen LogP contribution in [0.2, 0.25) is 0 Å². The molecule has 43 heavy (non-hydrogen) atoms. The molecular formula is C33H37F3O7. The fourth-order valence-electron chi connectivity index (χ4n) is 3.98. The van der Waals surface area contributed by atoms with E-state index in [1.807, 2.05) is 60.7 Å². The Labute approximate surface area is 249 Å². The molecule has 0 aliphatic heterocycles. The number of aryl methyl sites for hydroxylation is 1. The lowest BCUT2D eigenvalue weighted by Gasteiger charge is -2.13. The molecule has 3 aromatic rings. The normalized spacial score (nSPS) is 11.2. The lowest BCUT2D eigenvalue weighted by Crippen LogP contribution is -2.15. The molecule has 0 heterocycles. The van der Waals surface area contributed by atoms with Crippen molar-refractivity contribution < 1.29 is 46.8 Å². The van der Waals surface area contributed by atoms with Crippen molar-refractivity contribution in [3.05, 3.63) is 90.0 Å². The summed E-state index contributed by atoms with van der Waals surface area (Å²) >= 11 is 0. The lowest BCUT2D eigenvalue weighted by atomic mass is 10.0. The van der Waals surface area contributed by atoms with Crippen LogP contribution in [-0.2, 0) is 27.3 Å². The fraction of sp³-hybridized carbons (Fsp3) is 0.364. The highest BCUT2D eigenvalue weighted by Crippen LogP contribution is 2.31. The van der Waals surface area contributed by atoms with E-state index in [0.717, 1.165) is 22.3 Å². The standard InChI is InChI=1S/C33H37F3O7/c1-24(22-37)32(38)42-18-17-41-31-20-28(19-30(21-31)40-16-15-39-2)27-10-12-29(13-11-27)43-23-26-8-6-25(7-9-26)5-3-4-14-33(34,35)36/h6-13,19-21,37H,1,3-5,14-18,22-23H2,2H3. The zero-order chi connectivity index (χ0) is 31.1. The number of ether oxygens (including phenoxy) is 5. The Kier molecular flexibility index (Phi) is 13.4. The van der Waals surface area contributed by atoms with E-state index in [2.05, 4.69) is 6.58 Å². The molecule has 0 saturated heterocycles. The monoisotopic (exact) mass is 602 g/mol. The zero-order valence-corrected chi connectivity index (χ0v) is 24.2. The minimum absolute atomic E-state index is 0.0152. The molecule has 0 fully saturated rings. The van der Waals surface area contributed by atoms with Gasteiger partial charge in [0.1, 0.15) is 43.7 Å². The summed E-state index contributed by atoms with van der Waals surface area (Å²) in [5, 5.41) is 8.97. The Morgan fingerprint density at radius 3 is 2.00 bits per heavy atom. The van der Waals surface area contributed by atoms with Crippen LogP contribution < -0.4 is 14.2 Å². The number of halogens is 3. The first kappa shape index (κ1) is 33.5. The molecule has 0 unspecified atom stereocenters. The van der Waals surface area contributed by atoms with Crippen molar-refractivity contribution in [3.63, 3.8) is 0 Å². The van der Waals surface area contributed by atoms with Gasteiger partial charge in [0.15, 0.2) is 0 Å². The first-order valence-electron chi connectivity index (χ1n) is 13.9. The van der Waals surface area contributed by atoms with E-state index in [1.54, 1.807) is 13.2 Å². The van der Waals surface area contributed by atoms with Gasteiger partial charge >= 0.3 is 12.1 Å². The summed E-state index contributed by atoms with van der Waals surface area (Å²) in [5.74, 6) is 1.10. The number of esters is 1. The molecule has 0 bridgehead atoms. The molecule has 0 spiro atoms. The van der Waals surface area contributed by atoms with Gasteiger partial charge < -0.3 is 28.8 Å². The van der Waals surface area contributed by atoms with Crippen LogP contribution >= 0.6 is 0 Å². The Bertz CT molecular complexity index is 1290. The molecule has 0 radical (unpaired) electrons. The SMILES string of the molecule is C=C(CO)C(=O)OCCOc1cc(OCCOC)cc(-c2ccc(OCc3ccc(CCCCC(F)(F)F)cc3)cc2)c1. The molecule has 3 aromatic carbocycles. The van der Waals surface area contributed by atoms with Crippen LogP contribution in [-0.4, -0.2) is 57.4 Å². The molecule has 0 amide bonds. The second-order valence-electron chi connectivity index (χ2n) is 9.73. The highest BCUT2D eigenvalue weighted by molar-refractivity contribution is 5.87. The van der Waals surface area contributed by atoms with Crippen molar-refractivity contribution in [1.82, 2.24) is 0 Å². The molecule has 10 heteroatoms. The molecular weight excluding hydrogens is 565 g/mol. The summed E-state index contributed by atoms with van der Waals surface area (Å²) in [6.07, 6.45) is -3.61. The molecule has 7 nitrogen and oxygen atoms in total. The number of alkyl halides is 3. The van der Waals surface area contributed by atoms with E-state index in [1.165, 1.54) is 0 Å². The summed E-state index contributed by atoms with van der Waals surface area (Å²) in [4.78, 5) is 11.7. The van der Waals surface area contributed by atoms with E-state index in [4.69, 9.17) is 28.8 Å². The van der Waals surface area contributed by atoms with E-state index in [9.17, 15) is 18.0 Å². The Hall–Kier alpha value is -4.02. The van der Waals surface area contributed by atoms with Crippen LogP contribution in [0.3, 0.4) is 0 Å². The number of hydrogen-bond donors (Lipinski definition) is 1. The minimum atomic E-state index is -4.10. The number of carbonyl (C=O) groups is 1. The third kappa shape index (κ3) is 12.4. The van der Waals surface area contributed by atoms with Crippen LogP contribution in [0.25, 0.3) is 11.1 Å². The number of unbranched alkanes of at least 4 members (excludes halogenated alkanes) is 1. The summed E-state index contributed by atoms with van der Waals surface area (Å²) in [5.41, 5.74) is 3.67. The minimum Gasteiger partial charge on any atom is -0.491 e. The molecule has 3 rings (SSSR count). The summed E-state index contributed by atoms with van der Waals surface area (Å²) in [6.45, 7) is 4.16. The van der Waals surface area contributed by atoms with Gasteiger partial charge in [-0.25, -0.2) is 4.79 Å². The highest BCUT2D eigenvalue weighted by Gasteiger charge is 2.25. The highest BCUT2D eigenvalue weighted by atomic mass is 19.4. The average Bonchev–Trinajstić information content (AvgIpc) is 3.00. The number of aliphatic hydroxyl groups excluding tert-OH is 1. The smallest absolute Gasteiger partial charge is 0.389 e. The number of hydrogen-bond acceptors (Lipinski definition) is 7. The van der Waals surface area contributed by atoms with Crippen molar-refractivity contribution in [1.29, 1.82) is 0 Å². The maximum atomic E-state index is 12.3. The fourth-order valence-corrected chi connectivity index (χ4v) is 3.98. The van der Waals surface area contributed by atoms with Crippen molar-refractivity contribution in [2.45, 2.75) is 38.5 Å². The van der Waals surface area contributed by atoms with Gasteiger partial charge in [0.05, 0.1) is 18.8 Å². The van der Waals surface area contributed by atoms with Gasteiger partial charge in [-0.05, 0) is 65.8 Å². The average molecular weight is 603 g/mol. The maximum absolute atomic E-state index is 12.3. The predicted octanol–water partition coefficient (Wildman–Crippen LogP) is 6.70. The van der Waals surface area contributed by atoms with E-state index < -0.39 is 25.2 Å². The third-order valence-corrected chi connectivity index (χ3v) is 6.29. The number of carbonyl (C=O) groups excluding carboxylic acids is 1. The molecule has 232 valence electrons. The topological polar surface area (TPSA) is 83.5 Å². The molecule has 0 aromatic heterocycles. The molecule has 0 aliphatic carbocycles. The Balaban J connectivity index is 1.57. The van der Waals surface area contributed by atoms with Crippen LogP contribution in [0.1, 0.15) is 30.4 Å². The van der Waals surface area contributed by atoms with E-state index >= 15 is 0 Å². The second-order valence-corrected chi connectivity index (χ2v) is 9.73. The van der Waals surface area contributed by atoms with Crippen LogP contribution in [0.4, 0.5) is 13.2 Å².